The van der Waals surface area contributed by atoms with Crippen molar-refractivity contribution in [1.29, 1.82) is 0 Å². The lowest BCUT2D eigenvalue weighted by Crippen LogP contribution is -2.82. The number of rotatable bonds is 3. The molecule has 2 heterocycles. The number of carbonyl (C=O) groups is 1. The minimum Gasteiger partial charge on any atom is -0.377 e. The Labute approximate surface area is 118 Å². The summed E-state index contributed by atoms with van der Waals surface area (Å²) in [5, 5.41) is 6.48. The van der Waals surface area contributed by atoms with Crippen molar-refractivity contribution in [1.82, 2.24) is 10.5 Å². The van der Waals surface area contributed by atoms with Gasteiger partial charge in [0.05, 0.1) is 18.8 Å². The lowest BCUT2D eigenvalue weighted by molar-refractivity contribution is -0.225. The maximum absolute atomic E-state index is 12.6. The van der Waals surface area contributed by atoms with Gasteiger partial charge < -0.3 is 20.3 Å². The highest BCUT2D eigenvalue weighted by Gasteiger charge is 2.70. The highest BCUT2D eigenvalue weighted by atomic mass is 16.5. The number of amides is 1. The number of fused-ring (bicyclic) bond motifs is 1. The molecule has 110 valence electrons. The summed E-state index contributed by atoms with van der Waals surface area (Å²) < 4.78 is 10.8. The molecule has 0 radical (unpaired) electrons. The molecule has 3 atom stereocenters. The molecule has 1 aliphatic heterocycles. The lowest BCUT2D eigenvalue weighted by atomic mass is 9.46. The van der Waals surface area contributed by atoms with Crippen molar-refractivity contribution in [3.63, 3.8) is 0 Å². The van der Waals surface area contributed by atoms with Gasteiger partial charge in [0.2, 0.25) is 5.91 Å². The van der Waals surface area contributed by atoms with E-state index in [9.17, 15) is 4.79 Å². The minimum absolute atomic E-state index is 0.0808. The molecule has 1 saturated heterocycles. The van der Waals surface area contributed by atoms with E-state index in [0.29, 0.717) is 12.3 Å². The largest absolute Gasteiger partial charge is 0.377 e. The van der Waals surface area contributed by atoms with Crippen molar-refractivity contribution in [2.75, 3.05) is 6.61 Å². The third-order valence-electron chi connectivity index (χ3n) is 4.97. The Morgan fingerprint density at radius 3 is 3.10 bits per heavy atom. The van der Waals surface area contributed by atoms with E-state index in [1.54, 1.807) is 12.3 Å². The molecule has 2 aliphatic rings. The van der Waals surface area contributed by atoms with Gasteiger partial charge in [-0.25, -0.2) is 0 Å². The molecule has 0 bridgehead atoms. The number of nitrogens with two attached hydrogens (primary N) is 1. The first-order valence-corrected chi connectivity index (χ1v) is 7.06. The van der Waals surface area contributed by atoms with Gasteiger partial charge in [0.15, 0.2) is 5.76 Å². The van der Waals surface area contributed by atoms with Crippen LogP contribution in [0.15, 0.2) is 16.8 Å². The maximum Gasteiger partial charge on any atom is 0.241 e. The molecule has 1 aromatic heterocycles. The number of hydrogen-bond acceptors (Lipinski definition) is 5. The zero-order chi connectivity index (χ0) is 14.4. The molecule has 6 nitrogen and oxygen atoms in total. The Hall–Kier alpha value is -1.40. The van der Waals surface area contributed by atoms with Crippen LogP contribution in [-0.2, 0) is 16.1 Å². The predicted molar refractivity (Wildman–Crippen MR) is 71.5 cm³/mol. The summed E-state index contributed by atoms with van der Waals surface area (Å²) in [5.41, 5.74) is 5.25. The first kappa shape index (κ1) is 13.6. The normalized spacial score (nSPS) is 35.0. The SMILES string of the molecule is CC1(C)C2OCCCC2C1(N)C(=O)NCc1ccno1. The van der Waals surface area contributed by atoms with Gasteiger partial charge in [0, 0.05) is 24.0 Å². The Bertz CT molecular complexity index is 500. The number of nitrogens with one attached hydrogen (secondary N) is 1. The van der Waals surface area contributed by atoms with E-state index in [0.717, 1.165) is 19.4 Å². The van der Waals surface area contributed by atoms with Crippen molar-refractivity contribution in [2.24, 2.45) is 17.1 Å². The zero-order valence-electron chi connectivity index (χ0n) is 11.9. The van der Waals surface area contributed by atoms with E-state index in [1.807, 2.05) is 13.8 Å². The lowest BCUT2D eigenvalue weighted by Gasteiger charge is -2.65. The predicted octanol–water partition coefficient (Wildman–Crippen LogP) is 0.823. The van der Waals surface area contributed by atoms with Crippen molar-refractivity contribution in [2.45, 2.75) is 44.9 Å². The van der Waals surface area contributed by atoms with E-state index in [2.05, 4.69) is 10.5 Å². The molecule has 1 amide bonds. The Morgan fingerprint density at radius 2 is 2.40 bits per heavy atom. The first-order chi connectivity index (χ1) is 9.48. The van der Waals surface area contributed by atoms with Crippen LogP contribution >= 0.6 is 0 Å². The fraction of sp³-hybridized carbons (Fsp3) is 0.714. The summed E-state index contributed by atoms with van der Waals surface area (Å²) in [4.78, 5) is 12.6. The maximum atomic E-state index is 12.6. The molecule has 1 aromatic rings. The summed E-state index contributed by atoms with van der Waals surface area (Å²) in [5.74, 6) is 0.585. The van der Waals surface area contributed by atoms with E-state index >= 15 is 0 Å². The van der Waals surface area contributed by atoms with Crippen molar-refractivity contribution < 1.29 is 14.1 Å². The van der Waals surface area contributed by atoms with Gasteiger partial charge in [-0.05, 0) is 12.8 Å². The molecule has 1 saturated carbocycles. The fourth-order valence-electron chi connectivity index (χ4n) is 3.68. The van der Waals surface area contributed by atoms with Crippen LogP contribution in [0.2, 0.25) is 0 Å². The highest BCUT2D eigenvalue weighted by Crippen LogP contribution is 2.57. The summed E-state index contributed by atoms with van der Waals surface area (Å²) in [7, 11) is 0. The van der Waals surface area contributed by atoms with Crippen LogP contribution in [0.25, 0.3) is 0 Å². The van der Waals surface area contributed by atoms with Gasteiger partial charge in [-0.15, -0.1) is 0 Å². The van der Waals surface area contributed by atoms with E-state index in [1.165, 1.54) is 0 Å². The van der Waals surface area contributed by atoms with E-state index in [-0.39, 0.29) is 23.3 Å². The monoisotopic (exact) mass is 279 g/mol. The fourth-order valence-corrected chi connectivity index (χ4v) is 3.68. The molecule has 6 heteroatoms. The summed E-state index contributed by atoms with van der Waals surface area (Å²) >= 11 is 0. The molecule has 2 fully saturated rings. The Morgan fingerprint density at radius 1 is 1.60 bits per heavy atom. The second kappa shape index (κ2) is 4.56. The molecule has 1 aliphatic carbocycles. The third kappa shape index (κ3) is 1.71. The van der Waals surface area contributed by atoms with Gasteiger partial charge in [-0.2, -0.15) is 0 Å². The number of ether oxygens (including phenoxy) is 1. The number of aromatic nitrogens is 1. The van der Waals surface area contributed by atoms with Crippen LogP contribution in [-0.4, -0.2) is 29.3 Å². The minimum atomic E-state index is -0.877. The van der Waals surface area contributed by atoms with Crippen LogP contribution in [0, 0.1) is 11.3 Å². The third-order valence-corrected chi connectivity index (χ3v) is 4.97. The molecular formula is C14H21N3O3. The average Bonchev–Trinajstić information content (AvgIpc) is 2.97. The van der Waals surface area contributed by atoms with Crippen LogP contribution in [0.3, 0.4) is 0 Å². The van der Waals surface area contributed by atoms with Crippen LogP contribution in [0.1, 0.15) is 32.4 Å². The average molecular weight is 279 g/mol. The molecule has 0 aromatic carbocycles. The zero-order valence-corrected chi connectivity index (χ0v) is 11.9. The first-order valence-electron chi connectivity index (χ1n) is 7.06. The van der Waals surface area contributed by atoms with Crippen molar-refractivity contribution in [3.8, 4) is 0 Å². The molecular weight excluding hydrogens is 258 g/mol. The standard InChI is InChI=1S/C14H21N3O3/c1-13(2)11-10(4-3-7-19-11)14(13,15)12(18)16-8-9-5-6-17-20-9/h5-6,10-11H,3-4,7-8,15H2,1-2H3,(H,16,18). The molecule has 3 N–H and O–H groups in total. The van der Waals surface area contributed by atoms with Crippen molar-refractivity contribution in [3.05, 3.63) is 18.0 Å². The molecule has 0 spiro atoms. The number of nitrogens with zero attached hydrogens (tertiary/aromatic N) is 1. The summed E-state index contributed by atoms with van der Waals surface area (Å²) in [6.45, 7) is 5.09. The molecule has 3 unspecified atom stereocenters. The Kier molecular flexibility index (Phi) is 3.10. The highest BCUT2D eigenvalue weighted by molar-refractivity contribution is 5.89. The van der Waals surface area contributed by atoms with Gasteiger partial charge in [-0.3, -0.25) is 4.79 Å². The van der Waals surface area contributed by atoms with E-state index < -0.39 is 5.54 Å². The summed E-state index contributed by atoms with van der Waals surface area (Å²) in [6, 6.07) is 1.72. The summed E-state index contributed by atoms with van der Waals surface area (Å²) in [6.07, 6.45) is 3.54. The number of hydrogen-bond donors (Lipinski definition) is 2. The van der Waals surface area contributed by atoms with Crippen LogP contribution in [0.5, 0.6) is 0 Å². The van der Waals surface area contributed by atoms with Gasteiger partial charge in [0.1, 0.15) is 5.54 Å². The van der Waals surface area contributed by atoms with Gasteiger partial charge in [-0.1, -0.05) is 19.0 Å². The molecule has 3 rings (SSSR count). The topological polar surface area (TPSA) is 90.4 Å². The second-order valence-electron chi connectivity index (χ2n) is 6.29. The molecule has 20 heavy (non-hydrogen) atoms. The van der Waals surface area contributed by atoms with Gasteiger partial charge >= 0.3 is 0 Å². The van der Waals surface area contributed by atoms with Crippen molar-refractivity contribution >= 4 is 5.91 Å². The Balaban J connectivity index is 1.72. The van der Waals surface area contributed by atoms with Gasteiger partial charge in [0.25, 0.3) is 0 Å². The van der Waals surface area contributed by atoms with Crippen LogP contribution < -0.4 is 11.1 Å². The van der Waals surface area contributed by atoms with Crippen LogP contribution in [0.4, 0.5) is 0 Å². The number of carbonyl (C=O) groups excluding carboxylic acids is 1. The second-order valence-corrected chi connectivity index (χ2v) is 6.29. The quantitative estimate of drug-likeness (QED) is 0.855. The smallest absolute Gasteiger partial charge is 0.241 e. The van der Waals surface area contributed by atoms with E-state index in [4.69, 9.17) is 15.0 Å².